The fraction of sp³-hybridized carbons (Fsp3) is 0.529. The zero-order chi connectivity index (χ0) is 15.0. The largest absolute Gasteiger partial charge is 0.335 e. The number of rotatable bonds is 2. The van der Waals surface area contributed by atoms with E-state index in [0.717, 1.165) is 37.8 Å². The Morgan fingerprint density at radius 3 is 2.81 bits per heavy atom. The molecule has 1 aromatic rings. The molecule has 1 aromatic carbocycles. The molecule has 21 heavy (non-hydrogen) atoms. The summed E-state index contributed by atoms with van der Waals surface area (Å²) in [5.41, 5.74) is 1.60. The second-order valence-electron chi connectivity index (χ2n) is 6.13. The normalized spacial score (nSPS) is 25.6. The topological polar surface area (TPSA) is 37.4 Å². The molecule has 4 heteroatoms. The molecule has 1 amide bonds. The molecule has 0 bridgehead atoms. The van der Waals surface area contributed by atoms with Crippen LogP contribution < -0.4 is 0 Å². The molecular weight excluding hydrogens is 286 g/mol. The van der Waals surface area contributed by atoms with Crippen molar-refractivity contribution in [2.45, 2.75) is 45.1 Å². The molecule has 2 fully saturated rings. The minimum atomic E-state index is 0.0252. The molecule has 0 radical (unpaired) electrons. The Balaban J connectivity index is 1.86. The fourth-order valence-electron chi connectivity index (χ4n) is 3.69. The molecule has 0 spiro atoms. The van der Waals surface area contributed by atoms with Crippen LogP contribution in [0.3, 0.4) is 0 Å². The van der Waals surface area contributed by atoms with Crippen molar-refractivity contribution >= 4 is 23.3 Å². The summed E-state index contributed by atoms with van der Waals surface area (Å²) < 4.78 is 0. The molecule has 1 saturated carbocycles. The van der Waals surface area contributed by atoms with Gasteiger partial charge in [-0.3, -0.25) is 9.59 Å². The maximum atomic E-state index is 12.8. The first-order valence-corrected chi connectivity index (χ1v) is 8.05. The van der Waals surface area contributed by atoms with Crippen LogP contribution in [0.5, 0.6) is 0 Å². The number of hydrogen-bond donors (Lipinski definition) is 0. The van der Waals surface area contributed by atoms with E-state index in [1.807, 2.05) is 17.9 Å². The number of nitrogens with zero attached hydrogens (tertiary/aromatic N) is 1. The summed E-state index contributed by atoms with van der Waals surface area (Å²) in [6.45, 7) is 2.68. The van der Waals surface area contributed by atoms with Gasteiger partial charge in [-0.15, -0.1) is 0 Å². The molecule has 3 nitrogen and oxygen atoms in total. The third-order valence-electron chi connectivity index (χ3n) is 4.81. The highest BCUT2D eigenvalue weighted by Gasteiger charge is 2.40. The van der Waals surface area contributed by atoms with Crippen molar-refractivity contribution in [1.82, 2.24) is 4.90 Å². The molecular formula is C17H20ClNO2. The van der Waals surface area contributed by atoms with Crippen LogP contribution in [0.1, 0.15) is 48.0 Å². The van der Waals surface area contributed by atoms with Crippen LogP contribution >= 0.6 is 11.6 Å². The lowest BCUT2D eigenvalue weighted by Crippen LogP contribution is -2.41. The molecule has 0 N–H and O–H groups in total. The molecule has 1 heterocycles. The molecule has 0 aromatic heterocycles. The van der Waals surface area contributed by atoms with Gasteiger partial charge in [-0.25, -0.2) is 0 Å². The van der Waals surface area contributed by atoms with Crippen LogP contribution in [0.4, 0.5) is 0 Å². The first kappa shape index (κ1) is 14.6. The van der Waals surface area contributed by atoms with Crippen LogP contribution in [-0.2, 0) is 4.79 Å². The van der Waals surface area contributed by atoms with Gasteiger partial charge in [0.1, 0.15) is 5.78 Å². The molecule has 2 atom stereocenters. The lowest BCUT2D eigenvalue weighted by atomic mass is 9.94. The standard InChI is InChI=1S/C17H20ClNO2/c1-11-7-8-12(18)10-14(11)17(21)19-9-3-5-15(19)13-4-2-6-16(13)20/h7-8,10,13,15H,2-6,9H2,1H3. The van der Waals surface area contributed by atoms with Crippen molar-refractivity contribution in [3.63, 3.8) is 0 Å². The lowest BCUT2D eigenvalue weighted by Gasteiger charge is -2.29. The average molecular weight is 306 g/mol. The first-order chi connectivity index (χ1) is 10.1. The highest BCUT2D eigenvalue weighted by molar-refractivity contribution is 6.31. The Hall–Kier alpha value is -1.35. The minimum absolute atomic E-state index is 0.0252. The van der Waals surface area contributed by atoms with E-state index in [1.54, 1.807) is 12.1 Å². The number of benzene rings is 1. The Labute approximate surface area is 130 Å². The summed E-state index contributed by atoms with van der Waals surface area (Å²) in [5.74, 6) is 0.413. The SMILES string of the molecule is Cc1ccc(Cl)cc1C(=O)N1CCCC1C1CCCC1=O. The van der Waals surface area contributed by atoms with Gasteiger partial charge in [0.05, 0.1) is 0 Å². The molecule has 2 aliphatic rings. The number of hydrogen-bond acceptors (Lipinski definition) is 2. The summed E-state index contributed by atoms with van der Waals surface area (Å²) in [5, 5.41) is 0.580. The van der Waals surface area contributed by atoms with Gasteiger partial charge in [0.15, 0.2) is 0 Å². The minimum Gasteiger partial charge on any atom is -0.335 e. The third kappa shape index (κ3) is 2.71. The maximum absolute atomic E-state index is 12.8. The number of amides is 1. The molecule has 1 aliphatic carbocycles. The van der Waals surface area contributed by atoms with E-state index in [0.29, 0.717) is 22.8 Å². The Morgan fingerprint density at radius 1 is 1.29 bits per heavy atom. The number of likely N-dealkylation sites (tertiary alicyclic amines) is 1. The van der Waals surface area contributed by atoms with Crippen molar-refractivity contribution < 1.29 is 9.59 Å². The zero-order valence-electron chi connectivity index (χ0n) is 12.3. The Bertz CT molecular complexity index is 584. The predicted molar refractivity (Wildman–Crippen MR) is 82.6 cm³/mol. The van der Waals surface area contributed by atoms with E-state index < -0.39 is 0 Å². The number of Topliss-reactive ketones (excluding diaryl/α,β-unsaturated/α-hetero) is 1. The lowest BCUT2D eigenvalue weighted by molar-refractivity contribution is -0.121. The van der Waals surface area contributed by atoms with Crippen molar-refractivity contribution in [1.29, 1.82) is 0 Å². The van der Waals surface area contributed by atoms with Gasteiger partial charge in [-0.2, -0.15) is 0 Å². The van der Waals surface area contributed by atoms with Gasteiger partial charge in [-0.05, 0) is 50.3 Å². The zero-order valence-corrected chi connectivity index (χ0v) is 13.0. The van der Waals surface area contributed by atoms with Crippen molar-refractivity contribution in [2.24, 2.45) is 5.92 Å². The average Bonchev–Trinajstić information content (AvgIpc) is 3.08. The van der Waals surface area contributed by atoms with E-state index >= 15 is 0 Å². The monoisotopic (exact) mass is 305 g/mol. The summed E-state index contributed by atoms with van der Waals surface area (Å²) in [4.78, 5) is 26.8. The summed E-state index contributed by atoms with van der Waals surface area (Å²) in [6, 6.07) is 5.51. The molecule has 1 saturated heterocycles. The Kier molecular flexibility index (Phi) is 4.03. The van der Waals surface area contributed by atoms with Crippen LogP contribution in [-0.4, -0.2) is 29.2 Å². The van der Waals surface area contributed by atoms with Crippen LogP contribution in [0.25, 0.3) is 0 Å². The van der Waals surface area contributed by atoms with Gasteiger partial charge in [-0.1, -0.05) is 17.7 Å². The van der Waals surface area contributed by atoms with Gasteiger partial charge < -0.3 is 4.90 Å². The molecule has 112 valence electrons. The van der Waals surface area contributed by atoms with E-state index in [1.165, 1.54) is 0 Å². The summed E-state index contributed by atoms with van der Waals surface area (Å²) in [6.07, 6.45) is 4.51. The van der Waals surface area contributed by atoms with Gasteiger partial charge in [0, 0.05) is 35.5 Å². The van der Waals surface area contributed by atoms with Crippen LogP contribution in [0, 0.1) is 12.8 Å². The van der Waals surface area contributed by atoms with Crippen molar-refractivity contribution in [3.05, 3.63) is 34.3 Å². The molecule has 2 unspecified atom stereocenters. The highest BCUT2D eigenvalue weighted by atomic mass is 35.5. The van der Waals surface area contributed by atoms with Crippen molar-refractivity contribution in [3.8, 4) is 0 Å². The summed E-state index contributed by atoms with van der Waals surface area (Å²) >= 11 is 6.03. The number of carbonyl (C=O) groups is 2. The van der Waals surface area contributed by atoms with Gasteiger partial charge in [0.25, 0.3) is 5.91 Å². The quantitative estimate of drug-likeness (QED) is 0.837. The van der Waals surface area contributed by atoms with Gasteiger partial charge in [0.2, 0.25) is 0 Å². The smallest absolute Gasteiger partial charge is 0.254 e. The maximum Gasteiger partial charge on any atom is 0.254 e. The van der Waals surface area contributed by atoms with Gasteiger partial charge >= 0.3 is 0 Å². The number of halogens is 1. The summed E-state index contributed by atoms with van der Waals surface area (Å²) in [7, 11) is 0. The number of aryl methyl sites for hydroxylation is 1. The highest BCUT2D eigenvalue weighted by Crippen LogP contribution is 2.34. The number of ketones is 1. The third-order valence-corrected chi connectivity index (χ3v) is 5.04. The molecule has 3 rings (SSSR count). The Morgan fingerprint density at radius 2 is 2.10 bits per heavy atom. The number of carbonyl (C=O) groups excluding carboxylic acids is 2. The fourth-order valence-corrected chi connectivity index (χ4v) is 3.86. The predicted octanol–water partition coefficient (Wildman–Crippen LogP) is 3.62. The first-order valence-electron chi connectivity index (χ1n) is 7.68. The molecule has 1 aliphatic heterocycles. The van der Waals surface area contributed by atoms with E-state index in [9.17, 15) is 9.59 Å². The van der Waals surface area contributed by atoms with E-state index in [-0.39, 0.29) is 17.9 Å². The second-order valence-corrected chi connectivity index (χ2v) is 6.57. The van der Waals surface area contributed by atoms with Crippen LogP contribution in [0.15, 0.2) is 18.2 Å². The van der Waals surface area contributed by atoms with Crippen LogP contribution in [0.2, 0.25) is 5.02 Å². The van der Waals surface area contributed by atoms with E-state index in [4.69, 9.17) is 11.6 Å². The van der Waals surface area contributed by atoms with E-state index in [2.05, 4.69) is 0 Å². The second kappa shape index (κ2) is 5.80. The van der Waals surface area contributed by atoms with Crippen molar-refractivity contribution in [2.75, 3.05) is 6.54 Å².